The van der Waals surface area contributed by atoms with Crippen LogP contribution in [0, 0.1) is 0 Å². The third-order valence-electron chi connectivity index (χ3n) is 4.14. The van der Waals surface area contributed by atoms with E-state index in [0.717, 1.165) is 28.7 Å². The van der Waals surface area contributed by atoms with Gasteiger partial charge in [0.1, 0.15) is 0 Å². The Morgan fingerprint density at radius 3 is 2.92 bits per heavy atom. The first-order valence-electron chi connectivity index (χ1n) is 8.20. The second-order valence-electron chi connectivity index (χ2n) is 6.04. The van der Waals surface area contributed by atoms with Crippen molar-refractivity contribution < 1.29 is 9.53 Å². The zero-order valence-electron chi connectivity index (χ0n) is 14.7. The van der Waals surface area contributed by atoms with Gasteiger partial charge in [0.05, 0.1) is 18.8 Å². The number of amides is 2. The highest BCUT2D eigenvalue weighted by molar-refractivity contribution is 5.93. The first kappa shape index (κ1) is 17.0. The van der Waals surface area contributed by atoms with Gasteiger partial charge in [-0.2, -0.15) is 5.10 Å². The van der Waals surface area contributed by atoms with Gasteiger partial charge in [-0.25, -0.2) is 4.79 Å². The van der Waals surface area contributed by atoms with Gasteiger partial charge in [-0.1, -0.05) is 0 Å². The molecule has 0 aliphatic heterocycles. The Balaban J connectivity index is 1.65. The number of benzene rings is 1. The Labute approximate surface area is 146 Å². The van der Waals surface area contributed by atoms with Crippen LogP contribution in [0.1, 0.15) is 18.5 Å². The molecule has 0 aliphatic rings. The summed E-state index contributed by atoms with van der Waals surface area (Å²) in [4.78, 5) is 12.2. The lowest BCUT2D eigenvalue weighted by Gasteiger charge is -2.13. The van der Waals surface area contributed by atoms with E-state index < -0.39 is 0 Å². The van der Waals surface area contributed by atoms with Crippen molar-refractivity contribution in [1.82, 2.24) is 19.7 Å². The van der Waals surface area contributed by atoms with Crippen LogP contribution in [0.2, 0.25) is 0 Å². The number of rotatable bonds is 6. The Morgan fingerprint density at radius 2 is 2.20 bits per heavy atom. The Kier molecular flexibility index (Phi) is 5.04. The molecule has 0 aliphatic carbocycles. The SMILES string of the molecule is COCCn1ccc2cc(NC(=O)NC(C)c3cnn(C)c3)ccc21. The van der Waals surface area contributed by atoms with Gasteiger partial charge in [0.25, 0.3) is 0 Å². The molecule has 7 nitrogen and oxygen atoms in total. The highest BCUT2D eigenvalue weighted by Gasteiger charge is 2.11. The van der Waals surface area contributed by atoms with E-state index in [4.69, 9.17) is 4.74 Å². The van der Waals surface area contributed by atoms with Crippen LogP contribution < -0.4 is 10.6 Å². The molecule has 0 saturated heterocycles. The average Bonchev–Trinajstić information content (AvgIpc) is 3.18. The molecule has 3 rings (SSSR count). The van der Waals surface area contributed by atoms with Crippen LogP contribution >= 0.6 is 0 Å². The number of aromatic nitrogens is 3. The van der Waals surface area contributed by atoms with E-state index in [-0.39, 0.29) is 12.1 Å². The molecule has 0 spiro atoms. The van der Waals surface area contributed by atoms with Gasteiger partial charge >= 0.3 is 6.03 Å². The molecule has 3 aromatic rings. The van der Waals surface area contributed by atoms with Crippen molar-refractivity contribution in [1.29, 1.82) is 0 Å². The minimum absolute atomic E-state index is 0.118. The second-order valence-corrected chi connectivity index (χ2v) is 6.04. The highest BCUT2D eigenvalue weighted by atomic mass is 16.5. The van der Waals surface area contributed by atoms with Crippen molar-refractivity contribution in [2.75, 3.05) is 19.0 Å². The number of urea groups is 1. The maximum Gasteiger partial charge on any atom is 0.319 e. The number of hydrogen-bond donors (Lipinski definition) is 2. The number of anilines is 1. The quantitative estimate of drug-likeness (QED) is 0.724. The summed E-state index contributed by atoms with van der Waals surface area (Å²) in [6.45, 7) is 3.39. The van der Waals surface area contributed by atoms with Gasteiger partial charge < -0.3 is 19.9 Å². The van der Waals surface area contributed by atoms with Crippen molar-refractivity contribution in [2.24, 2.45) is 7.05 Å². The number of aryl methyl sites for hydroxylation is 1. The predicted molar refractivity (Wildman–Crippen MR) is 97.6 cm³/mol. The van der Waals surface area contributed by atoms with Crippen molar-refractivity contribution >= 4 is 22.6 Å². The van der Waals surface area contributed by atoms with Gasteiger partial charge in [0, 0.05) is 55.2 Å². The van der Waals surface area contributed by atoms with E-state index in [1.54, 1.807) is 18.0 Å². The summed E-state index contributed by atoms with van der Waals surface area (Å²) in [6, 6.07) is 7.55. The molecule has 0 fully saturated rings. The number of methoxy groups -OCH3 is 1. The summed E-state index contributed by atoms with van der Waals surface area (Å²) >= 11 is 0. The first-order valence-corrected chi connectivity index (χ1v) is 8.20. The number of nitrogens with one attached hydrogen (secondary N) is 2. The van der Waals surface area contributed by atoms with Crippen molar-refractivity contribution in [3.05, 3.63) is 48.4 Å². The fourth-order valence-electron chi connectivity index (χ4n) is 2.77. The standard InChI is InChI=1S/C18H23N5O2/c1-13(15-11-19-22(2)12-15)20-18(24)21-16-4-5-17-14(10-16)6-7-23(17)8-9-25-3/h4-7,10-13H,8-9H2,1-3H3,(H2,20,21,24). The summed E-state index contributed by atoms with van der Waals surface area (Å²) in [5.74, 6) is 0. The zero-order valence-corrected chi connectivity index (χ0v) is 14.7. The number of nitrogens with zero attached hydrogens (tertiary/aromatic N) is 3. The van der Waals surface area contributed by atoms with Gasteiger partial charge in [-0.15, -0.1) is 0 Å². The minimum atomic E-state index is -0.241. The molecule has 1 atom stereocenters. The molecule has 1 aromatic carbocycles. The molecule has 2 N–H and O–H groups in total. The number of hydrogen-bond acceptors (Lipinski definition) is 3. The van der Waals surface area contributed by atoms with E-state index in [2.05, 4.69) is 20.3 Å². The normalized spacial score (nSPS) is 12.3. The lowest BCUT2D eigenvalue weighted by atomic mass is 10.2. The van der Waals surface area contributed by atoms with E-state index in [0.29, 0.717) is 6.61 Å². The number of ether oxygens (including phenoxy) is 1. The van der Waals surface area contributed by atoms with Crippen LogP contribution in [0.15, 0.2) is 42.9 Å². The van der Waals surface area contributed by atoms with Gasteiger partial charge in [0.15, 0.2) is 0 Å². The van der Waals surface area contributed by atoms with E-state index >= 15 is 0 Å². The molecular weight excluding hydrogens is 318 g/mol. The molecule has 0 radical (unpaired) electrons. The van der Waals surface area contributed by atoms with Gasteiger partial charge in [-0.05, 0) is 31.2 Å². The highest BCUT2D eigenvalue weighted by Crippen LogP contribution is 2.21. The first-order chi connectivity index (χ1) is 12.1. The number of carbonyl (C=O) groups is 1. The summed E-state index contributed by atoms with van der Waals surface area (Å²) in [7, 11) is 3.54. The molecule has 132 valence electrons. The van der Waals surface area contributed by atoms with Crippen LogP contribution in [0.5, 0.6) is 0 Å². The summed E-state index contributed by atoms with van der Waals surface area (Å²) in [6.07, 6.45) is 5.66. The van der Waals surface area contributed by atoms with Gasteiger partial charge in [0.2, 0.25) is 0 Å². The third kappa shape index (κ3) is 4.00. The third-order valence-corrected chi connectivity index (χ3v) is 4.14. The lowest BCUT2D eigenvalue weighted by Crippen LogP contribution is -2.31. The van der Waals surface area contributed by atoms with Crippen LogP contribution in [0.25, 0.3) is 10.9 Å². The van der Waals surface area contributed by atoms with Crippen molar-refractivity contribution in [3.63, 3.8) is 0 Å². The molecular formula is C18H23N5O2. The topological polar surface area (TPSA) is 73.1 Å². The number of carbonyl (C=O) groups excluding carboxylic acids is 1. The van der Waals surface area contributed by atoms with Crippen LogP contribution in [-0.2, 0) is 18.3 Å². The Hall–Kier alpha value is -2.80. The van der Waals surface area contributed by atoms with Crippen molar-refractivity contribution in [2.45, 2.75) is 19.5 Å². The molecule has 0 saturated carbocycles. The summed E-state index contributed by atoms with van der Waals surface area (Å²) in [5.41, 5.74) is 2.84. The van der Waals surface area contributed by atoms with E-state index in [9.17, 15) is 4.79 Å². The Morgan fingerprint density at radius 1 is 1.36 bits per heavy atom. The molecule has 2 aromatic heterocycles. The van der Waals surface area contributed by atoms with Gasteiger partial charge in [-0.3, -0.25) is 4.68 Å². The monoisotopic (exact) mass is 341 g/mol. The molecule has 2 heterocycles. The largest absolute Gasteiger partial charge is 0.383 e. The minimum Gasteiger partial charge on any atom is -0.383 e. The predicted octanol–water partition coefficient (Wildman–Crippen LogP) is 2.90. The van der Waals surface area contributed by atoms with Crippen LogP contribution in [-0.4, -0.2) is 34.1 Å². The van der Waals surface area contributed by atoms with E-state index in [1.165, 1.54) is 0 Å². The zero-order chi connectivity index (χ0) is 17.8. The molecule has 0 bridgehead atoms. The fraction of sp³-hybridized carbons (Fsp3) is 0.333. The summed E-state index contributed by atoms with van der Waals surface area (Å²) < 4.78 is 8.97. The maximum absolute atomic E-state index is 12.2. The lowest BCUT2D eigenvalue weighted by molar-refractivity contribution is 0.188. The molecule has 25 heavy (non-hydrogen) atoms. The maximum atomic E-state index is 12.2. The molecule has 1 unspecified atom stereocenters. The second kappa shape index (κ2) is 7.40. The number of fused-ring (bicyclic) bond motifs is 1. The van der Waals surface area contributed by atoms with Crippen LogP contribution in [0.3, 0.4) is 0 Å². The molecule has 7 heteroatoms. The van der Waals surface area contributed by atoms with E-state index in [1.807, 2.05) is 50.6 Å². The molecule has 2 amide bonds. The summed E-state index contributed by atoms with van der Waals surface area (Å²) in [5, 5.41) is 11.0. The average molecular weight is 341 g/mol. The van der Waals surface area contributed by atoms with Crippen LogP contribution in [0.4, 0.5) is 10.5 Å². The van der Waals surface area contributed by atoms with Crippen molar-refractivity contribution in [3.8, 4) is 0 Å². The fourth-order valence-corrected chi connectivity index (χ4v) is 2.77. The smallest absolute Gasteiger partial charge is 0.319 e. The Bertz CT molecular complexity index is 867.